The third-order valence-corrected chi connectivity index (χ3v) is 8.36. The molecule has 1 N–H and O–H groups in total. The van der Waals surface area contributed by atoms with Crippen LogP contribution < -0.4 is 4.74 Å². The van der Waals surface area contributed by atoms with Crippen molar-refractivity contribution in [1.29, 1.82) is 0 Å². The first-order chi connectivity index (χ1) is 18.2. The molecule has 0 bridgehead atoms. The predicted molar refractivity (Wildman–Crippen MR) is 153 cm³/mol. The molecule has 1 aromatic rings. The Labute approximate surface area is 230 Å². The standard InChI is InChI=1S/C31H51N3O4/c1-6-8-16-33(17-10-9-15-32(4)5)29(35)22-34-21-26(24-12-13-28-25(20-24)14-18-38-28)30(31(36)37)27(34)19-23(3)11-7-2/h12-13,20,23,26-27,30H,6-11,14-19,21-22H2,1-5H3,(H,36,37)/t23?,26-,27+,30?/m1/s1. The number of ether oxygens (including phenoxy) is 1. The Morgan fingerprint density at radius 3 is 2.53 bits per heavy atom. The zero-order valence-corrected chi connectivity index (χ0v) is 24.5. The molecule has 214 valence electrons. The van der Waals surface area contributed by atoms with E-state index in [0.717, 1.165) is 82.3 Å². The number of fused-ring (bicyclic) bond motifs is 1. The van der Waals surface area contributed by atoms with Crippen molar-refractivity contribution in [2.45, 2.75) is 84.1 Å². The zero-order chi connectivity index (χ0) is 27.7. The number of hydrogen-bond donors (Lipinski definition) is 1. The maximum absolute atomic E-state index is 13.7. The lowest BCUT2D eigenvalue weighted by Crippen LogP contribution is -2.45. The molecule has 2 heterocycles. The van der Waals surface area contributed by atoms with Gasteiger partial charge in [0.15, 0.2) is 0 Å². The van der Waals surface area contributed by atoms with Crippen molar-refractivity contribution in [3.63, 3.8) is 0 Å². The fraction of sp³-hybridized carbons (Fsp3) is 0.742. The molecule has 7 nitrogen and oxygen atoms in total. The maximum atomic E-state index is 13.7. The number of rotatable bonds is 16. The van der Waals surface area contributed by atoms with Gasteiger partial charge in [0.25, 0.3) is 0 Å². The Hall–Kier alpha value is -2.12. The Balaban J connectivity index is 1.81. The molecule has 3 rings (SSSR count). The number of hydrogen-bond acceptors (Lipinski definition) is 5. The lowest BCUT2D eigenvalue weighted by atomic mass is 9.81. The van der Waals surface area contributed by atoms with Crippen molar-refractivity contribution >= 4 is 11.9 Å². The fourth-order valence-corrected chi connectivity index (χ4v) is 6.30. The lowest BCUT2D eigenvalue weighted by molar-refractivity contribution is -0.144. The molecule has 0 aliphatic carbocycles. The molecular formula is C31H51N3O4. The van der Waals surface area contributed by atoms with Gasteiger partial charge < -0.3 is 19.6 Å². The molecule has 0 aromatic heterocycles. The maximum Gasteiger partial charge on any atom is 0.308 e. The number of carboxylic acid groups (broad SMARTS) is 1. The van der Waals surface area contributed by atoms with Gasteiger partial charge >= 0.3 is 5.97 Å². The van der Waals surface area contributed by atoms with Crippen molar-refractivity contribution in [1.82, 2.24) is 14.7 Å². The van der Waals surface area contributed by atoms with Crippen LogP contribution >= 0.6 is 0 Å². The molecule has 0 spiro atoms. The first-order valence-corrected chi connectivity index (χ1v) is 14.9. The van der Waals surface area contributed by atoms with Crippen LogP contribution in [0.2, 0.25) is 0 Å². The van der Waals surface area contributed by atoms with E-state index in [0.29, 0.717) is 25.6 Å². The minimum atomic E-state index is -0.748. The van der Waals surface area contributed by atoms with Crippen LogP contribution in [0.1, 0.15) is 82.8 Å². The normalized spacial score (nSPS) is 21.9. The van der Waals surface area contributed by atoms with Gasteiger partial charge in [0, 0.05) is 38.0 Å². The Kier molecular flexibility index (Phi) is 11.9. The van der Waals surface area contributed by atoms with Crippen molar-refractivity contribution in [2.24, 2.45) is 11.8 Å². The number of unbranched alkanes of at least 4 members (excludes halogenated alkanes) is 2. The molecule has 1 aromatic carbocycles. The van der Waals surface area contributed by atoms with Crippen LogP contribution in [-0.4, -0.2) is 91.2 Å². The highest BCUT2D eigenvalue weighted by Crippen LogP contribution is 2.42. The highest BCUT2D eigenvalue weighted by Gasteiger charge is 2.47. The molecule has 4 atom stereocenters. The predicted octanol–water partition coefficient (Wildman–Crippen LogP) is 4.89. The number of carboxylic acids is 1. The molecule has 2 aliphatic heterocycles. The number of aliphatic carboxylic acids is 1. The van der Waals surface area contributed by atoms with E-state index in [1.807, 2.05) is 17.0 Å². The minimum Gasteiger partial charge on any atom is -0.493 e. The fourth-order valence-electron chi connectivity index (χ4n) is 6.30. The summed E-state index contributed by atoms with van der Waals surface area (Å²) in [4.78, 5) is 32.8. The average Bonchev–Trinajstić information content (AvgIpc) is 3.47. The smallest absolute Gasteiger partial charge is 0.308 e. The molecule has 1 saturated heterocycles. The van der Waals surface area contributed by atoms with E-state index in [2.05, 4.69) is 50.7 Å². The third kappa shape index (κ3) is 8.19. The van der Waals surface area contributed by atoms with Gasteiger partial charge in [-0.15, -0.1) is 0 Å². The summed E-state index contributed by atoms with van der Waals surface area (Å²) in [6, 6.07) is 6.05. The molecule has 38 heavy (non-hydrogen) atoms. The molecule has 7 heteroatoms. The van der Waals surface area contributed by atoms with Gasteiger partial charge in [-0.25, -0.2) is 0 Å². The third-order valence-electron chi connectivity index (χ3n) is 8.36. The summed E-state index contributed by atoms with van der Waals surface area (Å²) in [7, 11) is 4.16. The van der Waals surface area contributed by atoms with E-state index < -0.39 is 11.9 Å². The van der Waals surface area contributed by atoms with Crippen molar-refractivity contribution in [2.75, 3.05) is 53.4 Å². The molecule has 2 unspecified atom stereocenters. The van der Waals surface area contributed by atoms with Crippen molar-refractivity contribution < 1.29 is 19.4 Å². The summed E-state index contributed by atoms with van der Waals surface area (Å²) in [6.45, 7) is 10.7. The van der Waals surface area contributed by atoms with Gasteiger partial charge in [-0.2, -0.15) is 0 Å². The number of likely N-dealkylation sites (tertiary alicyclic amines) is 1. The van der Waals surface area contributed by atoms with Crippen LogP contribution in [-0.2, 0) is 16.0 Å². The SMILES string of the molecule is CCCCN(CCCCN(C)C)C(=O)CN1C[C@H](c2ccc3c(c2)CCO3)C(C(=O)O)[C@@H]1CC(C)CCC. The Morgan fingerprint density at radius 2 is 1.84 bits per heavy atom. The zero-order valence-electron chi connectivity index (χ0n) is 24.5. The molecule has 0 saturated carbocycles. The van der Waals surface area contributed by atoms with Crippen molar-refractivity contribution in [3.8, 4) is 5.75 Å². The summed E-state index contributed by atoms with van der Waals surface area (Å²) in [5.74, 6) is 0.0739. The summed E-state index contributed by atoms with van der Waals surface area (Å²) in [6.07, 6.45) is 7.92. The summed E-state index contributed by atoms with van der Waals surface area (Å²) >= 11 is 0. The highest BCUT2D eigenvalue weighted by molar-refractivity contribution is 5.79. The summed E-state index contributed by atoms with van der Waals surface area (Å²) in [5.41, 5.74) is 2.23. The van der Waals surface area contributed by atoms with Gasteiger partial charge in [0.05, 0.1) is 19.1 Å². The molecule has 1 fully saturated rings. The van der Waals surface area contributed by atoms with Crippen LogP contribution in [0.25, 0.3) is 0 Å². The quantitative estimate of drug-likeness (QED) is 0.308. The van der Waals surface area contributed by atoms with E-state index in [1.165, 1.54) is 5.56 Å². The Morgan fingerprint density at radius 1 is 1.11 bits per heavy atom. The van der Waals surface area contributed by atoms with E-state index in [1.54, 1.807) is 0 Å². The molecular weight excluding hydrogens is 478 g/mol. The van der Waals surface area contributed by atoms with E-state index in [9.17, 15) is 14.7 Å². The number of benzene rings is 1. The van der Waals surface area contributed by atoms with E-state index in [4.69, 9.17) is 4.74 Å². The minimum absolute atomic E-state index is 0.130. The highest BCUT2D eigenvalue weighted by atomic mass is 16.5. The van der Waals surface area contributed by atoms with Crippen LogP contribution in [0, 0.1) is 11.8 Å². The number of carbonyl (C=O) groups excluding carboxylic acids is 1. The topological polar surface area (TPSA) is 73.3 Å². The van der Waals surface area contributed by atoms with Gasteiger partial charge in [-0.05, 0) is 69.4 Å². The van der Waals surface area contributed by atoms with Crippen LogP contribution in [0.15, 0.2) is 18.2 Å². The van der Waals surface area contributed by atoms with E-state index in [-0.39, 0.29) is 17.9 Å². The number of nitrogens with zero attached hydrogens (tertiary/aromatic N) is 3. The second-order valence-corrected chi connectivity index (χ2v) is 11.8. The molecule has 1 amide bonds. The summed E-state index contributed by atoms with van der Waals surface area (Å²) < 4.78 is 5.70. The van der Waals surface area contributed by atoms with Crippen LogP contribution in [0.3, 0.4) is 0 Å². The van der Waals surface area contributed by atoms with Crippen LogP contribution in [0.5, 0.6) is 5.75 Å². The van der Waals surface area contributed by atoms with E-state index >= 15 is 0 Å². The van der Waals surface area contributed by atoms with Gasteiger partial charge in [-0.3, -0.25) is 14.5 Å². The average molecular weight is 530 g/mol. The first kappa shape index (κ1) is 30.4. The van der Waals surface area contributed by atoms with Gasteiger partial charge in [0.1, 0.15) is 5.75 Å². The monoisotopic (exact) mass is 529 g/mol. The second kappa shape index (κ2) is 14.9. The molecule has 0 radical (unpaired) electrons. The molecule has 2 aliphatic rings. The number of carbonyl (C=O) groups is 2. The first-order valence-electron chi connectivity index (χ1n) is 14.9. The second-order valence-electron chi connectivity index (χ2n) is 11.8. The lowest BCUT2D eigenvalue weighted by Gasteiger charge is -2.31. The van der Waals surface area contributed by atoms with Gasteiger partial charge in [0.2, 0.25) is 5.91 Å². The number of amides is 1. The summed E-state index contributed by atoms with van der Waals surface area (Å²) in [5, 5.41) is 10.5. The van der Waals surface area contributed by atoms with Crippen LogP contribution in [0.4, 0.5) is 0 Å². The van der Waals surface area contributed by atoms with Gasteiger partial charge in [-0.1, -0.05) is 52.2 Å². The Bertz CT molecular complexity index is 905. The largest absolute Gasteiger partial charge is 0.493 e. The van der Waals surface area contributed by atoms with Crippen molar-refractivity contribution in [3.05, 3.63) is 29.3 Å².